The molecule has 2 unspecified atom stereocenters. The molecule has 2 N–H and O–H groups in total. The average Bonchev–Trinajstić information content (AvgIpc) is 3.18. The molecule has 1 aliphatic carbocycles. The fourth-order valence-corrected chi connectivity index (χ4v) is 2.10. The molecule has 0 heterocycles. The van der Waals surface area contributed by atoms with Crippen LogP contribution in [0.1, 0.15) is 29.3 Å². The maximum Gasteiger partial charge on any atom is 0.253 e. The summed E-state index contributed by atoms with van der Waals surface area (Å²) >= 11 is 0. The number of hydrogen-bond acceptors (Lipinski definition) is 2. The van der Waals surface area contributed by atoms with Gasteiger partial charge in [0, 0.05) is 39.3 Å². The Hall–Kier alpha value is -1.31. The zero-order chi connectivity index (χ0) is 15.4. The van der Waals surface area contributed by atoms with Gasteiger partial charge in [0.25, 0.3) is 5.91 Å². The Bertz CT molecular complexity index is 527. The first-order valence-electron chi connectivity index (χ1n) is 7.29. The highest BCUT2D eigenvalue weighted by Crippen LogP contribution is 2.28. The third-order valence-corrected chi connectivity index (χ3v) is 3.72. The third kappa shape index (κ3) is 5.15. The van der Waals surface area contributed by atoms with E-state index in [1.165, 1.54) is 6.42 Å². The maximum atomic E-state index is 11.8. The highest BCUT2D eigenvalue weighted by molar-refractivity contribution is 14.0. The Labute approximate surface area is 149 Å². The van der Waals surface area contributed by atoms with Crippen molar-refractivity contribution in [2.24, 2.45) is 10.9 Å². The van der Waals surface area contributed by atoms with Crippen molar-refractivity contribution in [2.75, 3.05) is 21.1 Å². The number of nitrogens with zero attached hydrogens (tertiary/aromatic N) is 2. The molecule has 22 heavy (non-hydrogen) atoms. The van der Waals surface area contributed by atoms with E-state index in [0.29, 0.717) is 18.2 Å². The van der Waals surface area contributed by atoms with E-state index in [2.05, 4.69) is 22.5 Å². The Balaban J connectivity index is 0.00000242. The second-order valence-electron chi connectivity index (χ2n) is 5.79. The summed E-state index contributed by atoms with van der Waals surface area (Å²) in [4.78, 5) is 17.6. The number of guanidine groups is 1. The van der Waals surface area contributed by atoms with Gasteiger partial charge in [-0.2, -0.15) is 0 Å². The number of rotatable bonds is 4. The van der Waals surface area contributed by atoms with Crippen molar-refractivity contribution in [3.8, 4) is 0 Å². The van der Waals surface area contributed by atoms with Crippen LogP contribution in [0.2, 0.25) is 0 Å². The number of carbonyl (C=O) groups is 1. The van der Waals surface area contributed by atoms with E-state index < -0.39 is 0 Å². The van der Waals surface area contributed by atoms with Crippen LogP contribution in [0.4, 0.5) is 0 Å². The van der Waals surface area contributed by atoms with E-state index in [1.807, 2.05) is 24.3 Å². The fraction of sp³-hybridized carbons (Fsp3) is 0.500. The number of benzene rings is 1. The zero-order valence-electron chi connectivity index (χ0n) is 13.6. The molecule has 0 aliphatic heterocycles. The van der Waals surface area contributed by atoms with Gasteiger partial charge >= 0.3 is 0 Å². The molecule has 0 aromatic heterocycles. The molecule has 122 valence electrons. The van der Waals surface area contributed by atoms with E-state index >= 15 is 0 Å². The van der Waals surface area contributed by atoms with Crippen LogP contribution in [0.5, 0.6) is 0 Å². The lowest BCUT2D eigenvalue weighted by Crippen LogP contribution is -2.38. The van der Waals surface area contributed by atoms with E-state index in [0.717, 1.165) is 17.4 Å². The van der Waals surface area contributed by atoms with Crippen LogP contribution in [0.25, 0.3) is 0 Å². The number of amides is 1. The van der Waals surface area contributed by atoms with Gasteiger partial charge in [-0.3, -0.25) is 9.79 Å². The lowest BCUT2D eigenvalue weighted by Gasteiger charge is -2.13. The minimum absolute atomic E-state index is 0. The summed E-state index contributed by atoms with van der Waals surface area (Å²) in [6.45, 7) is 2.92. The minimum Gasteiger partial charge on any atom is -0.353 e. The number of halogens is 1. The van der Waals surface area contributed by atoms with Crippen LogP contribution in [-0.2, 0) is 6.54 Å². The topological polar surface area (TPSA) is 56.7 Å². The number of hydrogen-bond donors (Lipinski definition) is 2. The van der Waals surface area contributed by atoms with Crippen molar-refractivity contribution in [2.45, 2.75) is 25.9 Å². The van der Waals surface area contributed by atoms with Crippen molar-refractivity contribution in [3.63, 3.8) is 0 Å². The molecule has 5 nitrogen and oxygen atoms in total. The predicted molar refractivity (Wildman–Crippen MR) is 101 cm³/mol. The van der Waals surface area contributed by atoms with E-state index in [-0.39, 0.29) is 29.9 Å². The van der Waals surface area contributed by atoms with Gasteiger partial charge in [0.05, 0.1) is 0 Å². The van der Waals surface area contributed by atoms with E-state index in [9.17, 15) is 4.79 Å². The predicted octanol–water partition coefficient (Wildman–Crippen LogP) is 2.08. The van der Waals surface area contributed by atoms with Gasteiger partial charge in [-0.25, -0.2) is 0 Å². The van der Waals surface area contributed by atoms with Crippen molar-refractivity contribution < 1.29 is 4.79 Å². The first-order valence-corrected chi connectivity index (χ1v) is 7.29. The molecule has 1 saturated carbocycles. The van der Waals surface area contributed by atoms with Crippen LogP contribution in [0, 0.1) is 5.92 Å². The highest BCUT2D eigenvalue weighted by Gasteiger charge is 2.33. The monoisotopic (exact) mass is 416 g/mol. The first-order chi connectivity index (χ1) is 10.0. The highest BCUT2D eigenvalue weighted by atomic mass is 127. The van der Waals surface area contributed by atoms with Gasteiger partial charge in [0.2, 0.25) is 0 Å². The molecule has 1 amide bonds. The summed E-state index contributed by atoms with van der Waals surface area (Å²) < 4.78 is 0. The summed E-state index contributed by atoms with van der Waals surface area (Å²) in [6.07, 6.45) is 1.21. The summed E-state index contributed by atoms with van der Waals surface area (Å²) in [5.74, 6) is 1.59. The van der Waals surface area contributed by atoms with Gasteiger partial charge in [0.1, 0.15) is 0 Å². The number of nitrogens with one attached hydrogen (secondary N) is 2. The molecular formula is C16H25IN4O. The summed E-state index contributed by atoms with van der Waals surface area (Å²) in [6, 6.07) is 8.21. The van der Waals surface area contributed by atoms with E-state index in [4.69, 9.17) is 0 Å². The Morgan fingerprint density at radius 3 is 2.36 bits per heavy atom. The first kappa shape index (κ1) is 18.7. The molecule has 1 fully saturated rings. The third-order valence-electron chi connectivity index (χ3n) is 3.72. The fourth-order valence-electron chi connectivity index (χ4n) is 2.10. The average molecular weight is 416 g/mol. The Morgan fingerprint density at radius 2 is 1.91 bits per heavy atom. The number of aliphatic imine (C=N–C) groups is 1. The van der Waals surface area contributed by atoms with Gasteiger partial charge in [0.15, 0.2) is 5.96 Å². The molecule has 0 saturated heterocycles. The number of carbonyl (C=O) groups excluding carboxylic acids is 1. The Morgan fingerprint density at radius 1 is 1.32 bits per heavy atom. The van der Waals surface area contributed by atoms with Crippen molar-refractivity contribution in [1.29, 1.82) is 0 Å². The minimum atomic E-state index is 0. The molecular weight excluding hydrogens is 391 g/mol. The van der Waals surface area contributed by atoms with Crippen LogP contribution >= 0.6 is 24.0 Å². The van der Waals surface area contributed by atoms with Gasteiger partial charge in [-0.05, 0) is 30.0 Å². The summed E-state index contributed by atoms with van der Waals surface area (Å²) in [7, 11) is 5.29. The maximum absolute atomic E-state index is 11.8. The standard InChI is InChI=1S/C16H24N4O.HI/c1-11-9-14(11)19-16(17-2)18-10-12-5-7-13(8-6-12)15(21)20(3)4;/h5-8,11,14H,9-10H2,1-4H3,(H2,17,18,19);1H. The molecule has 1 aromatic carbocycles. The smallest absolute Gasteiger partial charge is 0.253 e. The second kappa shape index (κ2) is 8.36. The van der Waals surface area contributed by atoms with Gasteiger partial charge in [-0.1, -0.05) is 19.1 Å². The van der Waals surface area contributed by atoms with Crippen molar-refractivity contribution >= 4 is 35.8 Å². The van der Waals surface area contributed by atoms with Crippen LogP contribution in [0.15, 0.2) is 29.3 Å². The van der Waals surface area contributed by atoms with Gasteiger partial charge < -0.3 is 15.5 Å². The van der Waals surface area contributed by atoms with Gasteiger partial charge in [-0.15, -0.1) is 24.0 Å². The van der Waals surface area contributed by atoms with Crippen LogP contribution in [-0.4, -0.2) is 44.0 Å². The molecule has 2 rings (SSSR count). The lowest BCUT2D eigenvalue weighted by molar-refractivity contribution is 0.0827. The molecule has 1 aromatic rings. The largest absolute Gasteiger partial charge is 0.353 e. The molecule has 0 bridgehead atoms. The summed E-state index contributed by atoms with van der Waals surface area (Å²) in [5.41, 5.74) is 1.83. The zero-order valence-corrected chi connectivity index (χ0v) is 15.9. The van der Waals surface area contributed by atoms with E-state index in [1.54, 1.807) is 26.0 Å². The second-order valence-corrected chi connectivity index (χ2v) is 5.79. The van der Waals surface area contributed by atoms with Crippen molar-refractivity contribution in [3.05, 3.63) is 35.4 Å². The molecule has 6 heteroatoms. The normalized spacial score (nSPS) is 19.9. The van der Waals surface area contributed by atoms with Crippen LogP contribution < -0.4 is 10.6 Å². The summed E-state index contributed by atoms with van der Waals surface area (Å²) in [5, 5.41) is 6.68. The Kier molecular flexibility index (Phi) is 7.12. The lowest BCUT2D eigenvalue weighted by atomic mass is 10.1. The SMILES string of the molecule is CN=C(NCc1ccc(C(=O)N(C)C)cc1)NC1CC1C.I. The molecule has 0 spiro atoms. The molecule has 0 radical (unpaired) electrons. The van der Waals surface area contributed by atoms with Crippen molar-refractivity contribution in [1.82, 2.24) is 15.5 Å². The van der Waals surface area contributed by atoms with Crippen LogP contribution in [0.3, 0.4) is 0 Å². The quantitative estimate of drug-likeness (QED) is 0.449. The molecule has 2 atom stereocenters. The molecule has 1 aliphatic rings.